The number of nitrogens with zero attached hydrogens (tertiary/aromatic N) is 1. The Hall–Kier alpha value is -4.00. The number of methoxy groups -OCH3 is 1. The summed E-state index contributed by atoms with van der Waals surface area (Å²) in [5.74, 6) is 4.12. The van der Waals surface area contributed by atoms with Crippen molar-refractivity contribution in [3.05, 3.63) is 103 Å². The third kappa shape index (κ3) is 6.24. The molecule has 40 heavy (non-hydrogen) atoms. The molecule has 0 bridgehead atoms. The van der Waals surface area contributed by atoms with Crippen molar-refractivity contribution in [1.29, 1.82) is 0 Å². The molecule has 0 saturated carbocycles. The van der Waals surface area contributed by atoms with Crippen molar-refractivity contribution in [2.24, 2.45) is 0 Å². The van der Waals surface area contributed by atoms with Crippen molar-refractivity contribution in [3.63, 3.8) is 0 Å². The van der Waals surface area contributed by atoms with Gasteiger partial charge in [-0.1, -0.05) is 30.3 Å². The normalized spacial score (nSPS) is 13.4. The molecule has 6 rings (SSSR count). The van der Waals surface area contributed by atoms with Gasteiger partial charge in [-0.2, -0.15) is 0 Å². The fourth-order valence-electron chi connectivity index (χ4n) is 4.94. The first-order chi connectivity index (χ1) is 19.7. The van der Waals surface area contributed by atoms with Crippen LogP contribution in [0.2, 0.25) is 0 Å². The number of likely N-dealkylation sites (tertiary alicyclic amines) is 1. The number of hydrogen-bond acceptors (Lipinski definition) is 6. The second kappa shape index (κ2) is 12.5. The van der Waals surface area contributed by atoms with Gasteiger partial charge in [0.25, 0.3) is 0 Å². The number of fused-ring (bicyclic) bond motifs is 1. The first kappa shape index (κ1) is 26.2. The van der Waals surface area contributed by atoms with Crippen LogP contribution in [-0.4, -0.2) is 38.3 Å². The highest BCUT2D eigenvalue weighted by molar-refractivity contribution is 7.22. The lowest BCUT2D eigenvalue weighted by Crippen LogP contribution is -2.25. The van der Waals surface area contributed by atoms with E-state index in [0.29, 0.717) is 13.2 Å². The van der Waals surface area contributed by atoms with Crippen LogP contribution in [0, 0.1) is 0 Å². The molecule has 4 aromatic carbocycles. The van der Waals surface area contributed by atoms with Crippen molar-refractivity contribution < 1.29 is 18.9 Å². The topological polar surface area (TPSA) is 40.2 Å². The van der Waals surface area contributed by atoms with E-state index in [1.54, 1.807) is 18.4 Å². The summed E-state index contributed by atoms with van der Waals surface area (Å²) in [6.45, 7) is 4.57. The van der Waals surface area contributed by atoms with Crippen LogP contribution in [0.5, 0.6) is 28.7 Å². The highest BCUT2D eigenvalue weighted by atomic mass is 32.1. The Morgan fingerprint density at radius 3 is 2.17 bits per heavy atom. The Morgan fingerprint density at radius 1 is 0.725 bits per heavy atom. The second-order valence-corrected chi connectivity index (χ2v) is 10.9. The molecule has 0 atom stereocenters. The highest BCUT2D eigenvalue weighted by Gasteiger charge is 2.18. The maximum absolute atomic E-state index is 6.56. The van der Waals surface area contributed by atoms with Gasteiger partial charge in [0, 0.05) is 16.6 Å². The maximum atomic E-state index is 6.56. The molecular weight excluding hydrogens is 518 g/mol. The zero-order valence-corrected chi connectivity index (χ0v) is 23.5. The predicted octanol–water partition coefficient (Wildman–Crippen LogP) is 8.42. The molecular formula is C34H33NO4S. The quantitative estimate of drug-likeness (QED) is 0.165. The minimum absolute atomic E-state index is 0.527. The number of benzene rings is 4. The van der Waals surface area contributed by atoms with E-state index in [2.05, 4.69) is 41.3 Å². The zero-order valence-electron chi connectivity index (χ0n) is 22.7. The molecule has 0 radical (unpaired) electrons. The summed E-state index contributed by atoms with van der Waals surface area (Å²) >= 11 is 1.70. The van der Waals surface area contributed by atoms with Crippen LogP contribution >= 0.6 is 11.3 Å². The Balaban J connectivity index is 1.23. The summed E-state index contributed by atoms with van der Waals surface area (Å²) in [6.07, 6.45) is 2.59. The van der Waals surface area contributed by atoms with Gasteiger partial charge in [-0.05, 0) is 104 Å². The average Bonchev–Trinajstić information content (AvgIpc) is 3.65. The lowest BCUT2D eigenvalue weighted by atomic mass is 10.1. The van der Waals surface area contributed by atoms with Crippen molar-refractivity contribution in [1.82, 2.24) is 4.90 Å². The summed E-state index contributed by atoms with van der Waals surface area (Å²) in [6, 6.07) is 32.4. The van der Waals surface area contributed by atoms with Crippen molar-refractivity contribution in [2.45, 2.75) is 19.4 Å². The van der Waals surface area contributed by atoms with E-state index in [-0.39, 0.29) is 0 Å². The summed E-state index contributed by atoms with van der Waals surface area (Å²) in [5, 5.41) is 1.05. The largest absolute Gasteiger partial charge is 0.497 e. The number of ether oxygens (including phenoxy) is 4. The van der Waals surface area contributed by atoms with Crippen LogP contribution in [0.4, 0.5) is 0 Å². The van der Waals surface area contributed by atoms with Gasteiger partial charge in [0.1, 0.15) is 36.2 Å². The van der Waals surface area contributed by atoms with E-state index in [9.17, 15) is 0 Å². The van der Waals surface area contributed by atoms with Crippen LogP contribution in [0.3, 0.4) is 0 Å². The molecule has 1 saturated heterocycles. The third-order valence-corrected chi connectivity index (χ3v) is 8.32. The number of rotatable bonds is 11. The fraction of sp³-hybridized carbons (Fsp3) is 0.235. The van der Waals surface area contributed by atoms with Gasteiger partial charge in [-0.15, -0.1) is 11.3 Å². The second-order valence-electron chi connectivity index (χ2n) is 9.89. The van der Waals surface area contributed by atoms with Gasteiger partial charge < -0.3 is 18.9 Å². The molecule has 1 fully saturated rings. The molecule has 2 heterocycles. The first-order valence-corrected chi connectivity index (χ1v) is 14.6. The van der Waals surface area contributed by atoms with E-state index >= 15 is 0 Å². The van der Waals surface area contributed by atoms with E-state index in [0.717, 1.165) is 61.4 Å². The Kier molecular flexibility index (Phi) is 8.17. The van der Waals surface area contributed by atoms with Gasteiger partial charge in [0.15, 0.2) is 5.75 Å². The average molecular weight is 552 g/mol. The maximum Gasteiger partial charge on any atom is 0.153 e. The van der Waals surface area contributed by atoms with Crippen molar-refractivity contribution in [2.75, 3.05) is 33.4 Å². The van der Waals surface area contributed by atoms with Gasteiger partial charge in [0.2, 0.25) is 0 Å². The molecule has 5 nitrogen and oxygen atoms in total. The predicted molar refractivity (Wildman–Crippen MR) is 162 cm³/mol. The van der Waals surface area contributed by atoms with Crippen LogP contribution in [-0.2, 0) is 6.61 Å². The summed E-state index contributed by atoms with van der Waals surface area (Å²) < 4.78 is 25.1. The number of thiophene rings is 1. The summed E-state index contributed by atoms with van der Waals surface area (Å²) in [7, 11) is 1.68. The summed E-state index contributed by atoms with van der Waals surface area (Å²) in [4.78, 5) is 3.52. The Labute approximate surface area is 239 Å². The van der Waals surface area contributed by atoms with Crippen LogP contribution in [0.15, 0.2) is 97.1 Å². The van der Waals surface area contributed by atoms with Crippen LogP contribution in [0.25, 0.3) is 20.5 Å². The number of hydrogen-bond donors (Lipinski definition) is 0. The molecule has 0 unspecified atom stereocenters. The van der Waals surface area contributed by atoms with Crippen molar-refractivity contribution in [3.8, 4) is 39.2 Å². The van der Waals surface area contributed by atoms with Crippen LogP contribution in [0.1, 0.15) is 18.4 Å². The minimum atomic E-state index is 0.527. The van der Waals surface area contributed by atoms with Gasteiger partial charge >= 0.3 is 0 Å². The lowest BCUT2D eigenvalue weighted by Gasteiger charge is -2.15. The smallest absolute Gasteiger partial charge is 0.153 e. The molecule has 204 valence electrons. The molecule has 5 aromatic rings. The molecule has 0 spiro atoms. The van der Waals surface area contributed by atoms with Gasteiger partial charge in [0.05, 0.1) is 12.0 Å². The van der Waals surface area contributed by atoms with E-state index in [4.69, 9.17) is 18.9 Å². The summed E-state index contributed by atoms with van der Waals surface area (Å²) in [5.41, 5.74) is 2.21. The molecule has 0 amide bonds. The highest BCUT2D eigenvalue weighted by Crippen LogP contribution is 2.47. The monoisotopic (exact) mass is 551 g/mol. The Morgan fingerprint density at radius 2 is 1.43 bits per heavy atom. The van der Waals surface area contributed by atoms with E-state index in [1.807, 2.05) is 60.7 Å². The van der Waals surface area contributed by atoms with Gasteiger partial charge in [-0.3, -0.25) is 4.90 Å². The molecule has 0 aliphatic carbocycles. The lowest BCUT2D eigenvalue weighted by molar-refractivity contribution is 0.237. The standard InChI is InChI=1S/C34H33NO4S/c1-36-27-11-9-26(10-12-27)34-33(39-29-15-13-28(14-16-29)37-22-21-35-19-5-6-20-35)31-18-17-30(23-32(31)40-34)38-24-25-7-3-2-4-8-25/h2-4,7-18,23H,5-6,19-22,24H2,1H3. The molecule has 6 heteroatoms. The third-order valence-electron chi connectivity index (χ3n) is 7.14. The minimum Gasteiger partial charge on any atom is -0.497 e. The van der Waals surface area contributed by atoms with Crippen molar-refractivity contribution >= 4 is 21.4 Å². The molecule has 1 aliphatic rings. The zero-order chi connectivity index (χ0) is 27.1. The SMILES string of the molecule is COc1ccc(-c2sc3cc(OCc4ccccc4)ccc3c2Oc2ccc(OCCN3CCCC3)cc2)cc1. The molecule has 0 N–H and O–H groups in total. The van der Waals surface area contributed by atoms with Crippen LogP contribution < -0.4 is 18.9 Å². The first-order valence-electron chi connectivity index (χ1n) is 13.8. The van der Waals surface area contributed by atoms with E-state index in [1.165, 1.54) is 25.9 Å². The molecule has 1 aromatic heterocycles. The fourth-order valence-corrected chi connectivity index (χ4v) is 6.10. The Bertz CT molecular complexity index is 1520. The van der Waals surface area contributed by atoms with Gasteiger partial charge in [-0.25, -0.2) is 0 Å². The van der Waals surface area contributed by atoms with E-state index < -0.39 is 0 Å². The molecule has 1 aliphatic heterocycles.